The van der Waals surface area contributed by atoms with Crippen LogP contribution < -0.4 is 4.23 Å². The first-order chi connectivity index (χ1) is 9.61. The van der Waals surface area contributed by atoms with Gasteiger partial charge in [-0.05, 0) is 24.5 Å². The Labute approximate surface area is 130 Å². The predicted molar refractivity (Wildman–Crippen MR) is 93.2 cm³/mol. The van der Waals surface area contributed by atoms with Gasteiger partial charge in [0.15, 0.2) is 0 Å². The third kappa shape index (κ3) is 4.48. The molecule has 0 aliphatic rings. The summed E-state index contributed by atoms with van der Waals surface area (Å²) in [6.07, 6.45) is 2.14. The highest BCUT2D eigenvalue weighted by atomic mass is 28.4. The molecule has 0 saturated carbocycles. The van der Waals surface area contributed by atoms with Crippen LogP contribution in [0.4, 0.5) is 5.82 Å². The van der Waals surface area contributed by atoms with Crippen molar-refractivity contribution in [1.82, 2.24) is 4.98 Å². The molecule has 0 aliphatic heterocycles. The van der Waals surface area contributed by atoms with Crippen LogP contribution >= 0.6 is 0 Å². The van der Waals surface area contributed by atoms with E-state index in [9.17, 15) is 5.26 Å². The Hall–Kier alpha value is -1.51. The summed E-state index contributed by atoms with van der Waals surface area (Å²) in [4.78, 5) is 3.32. The first-order valence-electron chi connectivity index (χ1n) is 7.40. The van der Waals surface area contributed by atoms with E-state index in [1.54, 1.807) is 0 Å². The lowest BCUT2D eigenvalue weighted by atomic mass is 10.1. The average molecular weight is 319 g/mol. The van der Waals surface area contributed by atoms with Crippen LogP contribution in [0, 0.1) is 22.7 Å². The lowest BCUT2D eigenvalue weighted by Gasteiger charge is -2.44. The fourth-order valence-corrected chi connectivity index (χ4v) is 12.7. The van der Waals surface area contributed by atoms with Crippen LogP contribution in [0.3, 0.4) is 0 Å². The Balaban J connectivity index is 3.18. The first-order valence-corrected chi connectivity index (χ1v) is 14.3. The Bertz CT molecular complexity index is 550. The predicted octanol–water partition coefficient (Wildman–Crippen LogP) is 4.21. The molecule has 0 fully saturated rings. The van der Waals surface area contributed by atoms with Gasteiger partial charge in [0.25, 0.3) is 0 Å². The Morgan fingerprint density at radius 2 is 1.67 bits per heavy atom. The lowest BCUT2D eigenvalue weighted by Crippen LogP contribution is -2.59. The van der Waals surface area contributed by atoms with Gasteiger partial charge >= 0.3 is 0 Å². The Morgan fingerprint density at radius 1 is 1.10 bits per heavy atom. The number of hydrogen-bond donors (Lipinski definition) is 1. The number of aromatic nitrogens is 1. The molecule has 0 aliphatic carbocycles. The zero-order chi connectivity index (χ0) is 16.3. The molecule has 21 heavy (non-hydrogen) atoms. The van der Waals surface area contributed by atoms with Crippen molar-refractivity contribution >= 4 is 22.3 Å². The van der Waals surface area contributed by atoms with E-state index in [0.29, 0.717) is 12.1 Å². The van der Waals surface area contributed by atoms with Gasteiger partial charge in [0.05, 0.1) is 11.9 Å². The van der Waals surface area contributed by atoms with E-state index in [1.165, 1.54) is 0 Å². The number of hydrogen-bond acceptors (Lipinski definition) is 3. The molecule has 0 unspecified atom stereocenters. The van der Waals surface area contributed by atoms with Crippen molar-refractivity contribution in [3.8, 4) is 12.1 Å². The molecular formula is C15H26N4Si2. The average Bonchev–Trinajstić information content (AvgIpc) is 2.68. The molecule has 1 N–H and O–H groups in total. The molecule has 1 rings (SSSR count). The molecule has 0 radical (unpaired) electrons. The highest BCUT2D eigenvalue weighted by Gasteiger charge is 2.35. The monoisotopic (exact) mass is 318 g/mol. The van der Waals surface area contributed by atoms with E-state index in [4.69, 9.17) is 5.26 Å². The van der Waals surface area contributed by atoms with Gasteiger partial charge in [0, 0.05) is 6.42 Å². The molecular weight excluding hydrogens is 292 g/mol. The number of nitrogens with zero attached hydrogens (tertiary/aromatic N) is 3. The van der Waals surface area contributed by atoms with Crippen LogP contribution in [0.1, 0.15) is 24.1 Å². The van der Waals surface area contributed by atoms with Crippen LogP contribution in [-0.4, -0.2) is 21.5 Å². The number of anilines is 1. The number of unbranched alkanes of at least 4 members (excludes halogenated alkanes) is 1. The number of nitriles is 2. The van der Waals surface area contributed by atoms with Crippen molar-refractivity contribution in [1.29, 1.82) is 10.5 Å². The molecule has 0 atom stereocenters. The minimum absolute atomic E-state index is 0.539. The van der Waals surface area contributed by atoms with Crippen LogP contribution in [-0.2, 0) is 6.42 Å². The van der Waals surface area contributed by atoms with Gasteiger partial charge in [0.1, 0.15) is 28.2 Å². The van der Waals surface area contributed by atoms with Crippen molar-refractivity contribution in [2.75, 3.05) is 4.23 Å². The molecule has 1 aromatic rings. The van der Waals surface area contributed by atoms with Crippen LogP contribution in [0.15, 0.2) is 6.07 Å². The molecule has 0 saturated heterocycles. The number of H-pyrrole nitrogens is 1. The normalized spacial score (nSPS) is 11.8. The molecule has 6 heteroatoms. The van der Waals surface area contributed by atoms with Crippen molar-refractivity contribution < 1.29 is 0 Å². The summed E-state index contributed by atoms with van der Waals surface area (Å²) >= 11 is 0. The fourth-order valence-electron chi connectivity index (χ4n) is 2.99. The molecule has 0 bridgehead atoms. The molecule has 0 spiro atoms. The summed E-state index contributed by atoms with van der Waals surface area (Å²) in [6.45, 7) is 14.0. The number of nitrogens with one attached hydrogen (secondary N) is 1. The van der Waals surface area contributed by atoms with Crippen molar-refractivity contribution in [2.45, 2.75) is 58.5 Å². The Kier molecular flexibility index (Phi) is 5.44. The van der Waals surface area contributed by atoms with Gasteiger partial charge in [-0.3, -0.25) is 0 Å². The highest BCUT2D eigenvalue weighted by molar-refractivity contribution is 6.99. The van der Waals surface area contributed by atoms with E-state index >= 15 is 0 Å². The summed E-state index contributed by atoms with van der Waals surface area (Å²) in [5.41, 5.74) is 1.70. The van der Waals surface area contributed by atoms with Gasteiger partial charge in [-0.15, -0.1) is 0 Å². The van der Waals surface area contributed by atoms with Gasteiger partial charge in [-0.2, -0.15) is 10.5 Å². The summed E-state index contributed by atoms with van der Waals surface area (Å²) in [7, 11) is -3.04. The van der Waals surface area contributed by atoms with Crippen molar-refractivity contribution in [3.63, 3.8) is 0 Å². The van der Waals surface area contributed by atoms with Crippen molar-refractivity contribution in [3.05, 3.63) is 17.3 Å². The summed E-state index contributed by atoms with van der Waals surface area (Å²) in [5, 5.41) is 18.0. The first kappa shape index (κ1) is 17.5. The smallest absolute Gasteiger partial charge is 0.139 e. The lowest BCUT2D eigenvalue weighted by molar-refractivity contribution is 0.849. The summed E-state index contributed by atoms with van der Waals surface area (Å²) < 4.78 is 2.58. The summed E-state index contributed by atoms with van der Waals surface area (Å²) in [6, 6.07) is 6.56. The number of aromatic amines is 1. The van der Waals surface area contributed by atoms with E-state index in [-0.39, 0.29) is 0 Å². The maximum atomic E-state index is 9.33. The van der Waals surface area contributed by atoms with Crippen LogP contribution in [0.25, 0.3) is 0 Å². The molecule has 114 valence electrons. The second kappa shape index (κ2) is 6.51. The standard InChI is InChI=1S/C15H26N4Si2/c1-20(2,3)19(21(4,5)6)15-11-13(9-7-8-10-16)14(12-17)18-15/h11,18H,7-9H2,1-6H3. The minimum atomic E-state index is -1.52. The van der Waals surface area contributed by atoms with Gasteiger partial charge in [0.2, 0.25) is 0 Å². The van der Waals surface area contributed by atoms with Gasteiger partial charge in [-0.25, -0.2) is 0 Å². The second-order valence-electron chi connectivity index (χ2n) is 7.36. The van der Waals surface area contributed by atoms with E-state index in [1.807, 2.05) is 0 Å². The molecule has 1 heterocycles. The van der Waals surface area contributed by atoms with E-state index < -0.39 is 16.5 Å². The topological polar surface area (TPSA) is 66.6 Å². The van der Waals surface area contributed by atoms with E-state index in [2.05, 4.69) is 66.7 Å². The zero-order valence-electron chi connectivity index (χ0n) is 14.0. The minimum Gasteiger partial charge on any atom is -0.411 e. The number of aryl methyl sites for hydroxylation is 1. The summed E-state index contributed by atoms with van der Waals surface area (Å²) in [5.74, 6) is 1.09. The SMILES string of the molecule is C[Si](C)(C)N(c1cc(CCCC#N)c(C#N)[nH]1)[Si](C)(C)C. The van der Waals surface area contributed by atoms with Crippen molar-refractivity contribution in [2.24, 2.45) is 0 Å². The third-order valence-corrected chi connectivity index (χ3v) is 10.5. The zero-order valence-corrected chi connectivity index (χ0v) is 16.0. The highest BCUT2D eigenvalue weighted by Crippen LogP contribution is 2.29. The quantitative estimate of drug-likeness (QED) is 0.631. The molecule has 0 amide bonds. The van der Waals surface area contributed by atoms with Gasteiger partial charge in [-0.1, -0.05) is 39.3 Å². The molecule has 4 nitrogen and oxygen atoms in total. The van der Waals surface area contributed by atoms with Crippen LogP contribution in [0.2, 0.25) is 39.3 Å². The van der Waals surface area contributed by atoms with Gasteiger partial charge < -0.3 is 9.22 Å². The number of rotatable bonds is 6. The molecule has 0 aromatic carbocycles. The second-order valence-corrected chi connectivity index (χ2v) is 17.4. The van der Waals surface area contributed by atoms with Crippen LogP contribution in [0.5, 0.6) is 0 Å². The largest absolute Gasteiger partial charge is 0.411 e. The maximum absolute atomic E-state index is 9.33. The maximum Gasteiger partial charge on any atom is 0.139 e. The molecule has 1 aromatic heterocycles. The Morgan fingerprint density at radius 3 is 2.10 bits per heavy atom. The fraction of sp³-hybridized carbons (Fsp3) is 0.600. The van der Waals surface area contributed by atoms with E-state index in [0.717, 1.165) is 24.2 Å². The third-order valence-electron chi connectivity index (χ3n) is 3.31.